The highest BCUT2D eigenvalue weighted by Gasteiger charge is 2.23. The maximum Gasteiger partial charge on any atom is 0.277 e. The molecule has 1 fully saturated rings. The molecule has 0 spiro atoms. The zero-order valence-corrected chi connectivity index (χ0v) is 23.3. The number of morpholine rings is 1. The molecule has 3 N–H and O–H groups in total. The molecule has 2 aromatic rings. The second-order valence-corrected chi connectivity index (χ2v) is 11.0. The Morgan fingerprint density at radius 1 is 1.07 bits per heavy atom. The Balaban J connectivity index is 1.35. The third-order valence-corrected chi connectivity index (χ3v) is 7.56. The number of ether oxygens (including phenoxy) is 1. The molecule has 0 aromatic heterocycles. The number of phenols is 1. The Hall–Kier alpha value is -3.66. The molecule has 1 saturated heterocycles. The lowest BCUT2D eigenvalue weighted by atomic mass is 9.79. The highest BCUT2D eigenvalue weighted by molar-refractivity contribution is 5.95. The molecule has 9 nitrogen and oxygen atoms in total. The second kappa shape index (κ2) is 13.1. The number of aromatic hydroxyl groups is 1. The van der Waals surface area contributed by atoms with E-state index in [1.54, 1.807) is 12.1 Å². The molecule has 2 aromatic carbocycles. The molecule has 2 aliphatic heterocycles. The van der Waals surface area contributed by atoms with Crippen molar-refractivity contribution < 1.29 is 29.8 Å². The van der Waals surface area contributed by atoms with Gasteiger partial charge in [-0.05, 0) is 59.2 Å². The number of unbranched alkanes of at least 4 members (excludes halogenated alkanes) is 1. The number of nitrogens with zero attached hydrogens (tertiary/aromatic N) is 3. The number of benzene rings is 2. The van der Waals surface area contributed by atoms with Crippen LogP contribution in [-0.2, 0) is 26.3 Å². The second-order valence-electron chi connectivity index (χ2n) is 11.0. The Morgan fingerprint density at radius 3 is 2.55 bits per heavy atom. The van der Waals surface area contributed by atoms with Crippen LogP contribution in [0.5, 0.6) is 5.75 Å². The first-order valence-electron chi connectivity index (χ1n) is 13.8. The standard InChI is InChI=1S/C31H39N3O6/c1-31(2,13-4-3-8-29(36)32-16-18-40-19-17-32)26-9-10-27(28(35)21-26)25-7-5-6-23(20-25)22-34(39)30(37)24-11-14-33(38)15-12-24/h5-7,9-12,14,20-21,35,38-39H,3-4,8,13,15-19,22H2,1-2H3. The van der Waals surface area contributed by atoms with Crippen molar-refractivity contribution in [2.24, 2.45) is 0 Å². The van der Waals surface area contributed by atoms with Gasteiger partial charge in [-0.25, -0.2) is 5.06 Å². The maximum absolute atomic E-state index is 12.5. The van der Waals surface area contributed by atoms with Crippen LogP contribution < -0.4 is 0 Å². The van der Waals surface area contributed by atoms with Gasteiger partial charge >= 0.3 is 0 Å². The van der Waals surface area contributed by atoms with Gasteiger partial charge in [0.05, 0.1) is 26.3 Å². The van der Waals surface area contributed by atoms with Crippen molar-refractivity contribution in [3.63, 3.8) is 0 Å². The van der Waals surface area contributed by atoms with Crippen molar-refractivity contribution in [2.45, 2.75) is 51.5 Å². The summed E-state index contributed by atoms with van der Waals surface area (Å²) in [7, 11) is 0. The van der Waals surface area contributed by atoms with E-state index in [-0.39, 0.29) is 30.2 Å². The van der Waals surface area contributed by atoms with Crippen molar-refractivity contribution in [1.82, 2.24) is 15.0 Å². The third-order valence-electron chi connectivity index (χ3n) is 7.56. The van der Waals surface area contributed by atoms with Gasteiger partial charge in [0.2, 0.25) is 5.91 Å². The van der Waals surface area contributed by atoms with E-state index in [0.29, 0.717) is 54.5 Å². The Bertz CT molecular complexity index is 1270. The first-order chi connectivity index (χ1) is 19.1. The van der Waals surface area contributed by atoms with Crippen molar-refractivity contribution in [1.29, 1.82) is 0 Å². The summed E-state index contributed by atoms with van der Waals surface area (Å²) in [4.78, 5) is 26.8. The zero-order valence-electron chi connectivity index (χ0n) is 23.3. The Morgan fingerprint density at radius 2 is 1.85 bits per heavy atom. The summed E-state index contributed by atoms with van der Waals surface area (Å²) >= 11 is 0. The predicted octanol–water partition coefficient (Wildman–Crippen LogP) is 4.62. The topological polar surface area (TPSA) is 114 Å². The van der Waals surface area contributed by atoms with Crippen LogP contribution in [-0.4, -0.2) is 75.2 Å². The molecular formula is C31H39N3O6. The summed E-state index contributed by atoms with van der Waals surface area (Å²) in [5.74, 6) is -0.206. The fraction of sp³-hybridized carbons (Fsp3) is 0.419. The minimum absolute atomic E-state index is 0.0272. The lowest BCUT2D eigenvalue weighted by Gasteiger charge is -2.28. The van der Waals surface area contributed by atoms with Crippen LogP contribution in [0.2, 0.25) is 0 Å². The van der Waals surface area contributed by atoms with Gasteiger partial charge in [0.15, 0.2) is 0 Å². The highest BCUT2D eigenvalue weighted by atomic mass is 16.5. The van der Waals surface area contributed by atoms with Crippen molar-refractivity contribution in [3.8, 4) is 16.9 Å². The van der Waals surface area contributed by atoms with E-state index in [4.69, 9.17) is 4.74 Å². The Kier molecular flexibility index (Phi) is 9.63. The van der Waals surface area contributed by atoms with Crippen LogP contribution in [0.4, 0.5) is 0 Å². The number of amides is 2. The van der Waals surface area contributed by atoms with E-state index < -0.39 is 5.91 Å². The van der Waals surface area contributed by atoms with Crippen LogP contribution in [0.25, 0.3) is 11.1 Å². The normalized spacial score (nSPS) is 15.7. The number of hydroxylamine groups is 4. The van der Waals surface area contributed by atoms with Crippen LogP contribution in [0, 0.1) is 0 Å². The number of carbonyl (C=O) groups excluding carboxylic acids is 2. The molecule has 0 atom stereocenters. The number of phenolic OH excluding ortho intramolecular Hbond substituents is 1. The molecule has 0 saturated carbocycles. The van der Waals surface area contributed by atoms with Gasteiger partial charge in [-0.3, -0.25) is 25.1 Å². The van der Waals surface area contributed by atoms with Gasteiger partial charge in [-0.2, -0.15) is 0 Å². The molecule has 0 bridgehead atoms. The molecular weight excluding hydrogens is 510 g/mol. The zero-order chi connectivity index (χ0) is 28.7. The molecule has 2 amide bonds. The molecule has 2 heterocycles. The van der Waals surface area contributed by atoms with Crippen LogP contribution >= 0.6 is 0 Å². The highest BCUT2D eigenvalue weighted by Crippen LogP contribution is 2.36. The minimum Gasteiger partial charge on any atom is -0.507 e. The van der Waals surface area contributed by atoms with E-state index in [1.165, 1.54) is 18.4 Å². The fourth-order valence-electron chi connectivity index (χ4n) is 5.03. The van der Waals surface area contributed by atoms with Crippen LogP contribution in [0.3, 0.4) is 0 Å². The Labute approximate surface area is 235 Å². The van der Waals surface area contributed by atoms with Gasteiger partial charge in [0, 0.05) is 36.8 Å². The lowest BCUT2D eigenvalue weighted by molar-refractivity contribution is -0.162. The third kappa shape index (κ3) is 7.50. The molecule has 0 radical (unpaired) electrons. The summed E-state index contributed by atoms with van der Waals surface area (Å²) in [6, 6.07) is 13.1. The van der Waals surface area contributed by atoms with Gasteiger partial charge < -0.3 is 14.7 Å². The van der Waals surface area contributed by atoms with E-state index >= 15 is 0 Å². The molecule has 0 aliphatic carbocycles. The maximum atomic E-state index is 12.5. The van der Waals surface area contributed by atoms with Gasteiger partial charge in [0.1, 0.15) is 5.75 Å². The summed E-state index contributed by atoms with van der Waals surface area (Å²) in [6.07, 6.45) is 7.51. The summed E-state index contributed by atoms with van der Waals surface area (Å²) < 4.78 is 5.32. The van der Waals surface area contributed by atoms with Gasteiger partial charge in [-0.1, -0.05) is 50.6 Å². The number of rotatable bonds is 10. The largest absolute Gasteiger partial charge is 0.507 e. The van der Waals surface area contributed by atoms with Gasteiger partial charge in [0.25, 0.3) is 5.91 Å². The number of hydrogen-bond acceptors (Lipinski definition) is 7. The summed E-state index contributed by atoms with van der Waals surface area (Å²) in [5, 5.41) is 32.3. The van der Waals surface area contributed by atoms with Crippen molar-refractivity contribution >= 4 is 11.8 Å². The van der Waals surface area contributed by atoms with Crippen molar-refractivity contribution in [2.75, 3.05) is 32.8 Å². The molecule has 0 unspecified atom stereocenters. The quantitative estimate of drug-likeness (QED) is 0.225. The monoisotopic (exact) mass is 549 g/mol. The van der Waals surface area contributed by atoms with E-state index in [2.05, 4.69) is 13.8 Å². The fourth-order valence-corrected chi connectivity index (χ4v) is 5.03. The van der Waals surface area contributed by atoms with E-state index in [0.717, 1.165) is 35.5 Å². The predicted molar refractivity (Wildman–Crippen MR) is 150 cm³/mol. The molecule has 40 heavy (non-hydrogen) atoms. The lowest BCUT2D eigenvalue weighted by Crippen LogP contribution is -2.40. The van der Waals surface area contributed by atoms with Gasteiger partial charge in [-0.15, -0.1) is 0 Å². The molecule has 4 rings (SSSR count). The summed E-state index contributed by atoms with van der Waals surface area (Å²) in [6.45, 7) is 7.02. The van der Waals surface area contributed by atoms with E-state index in [9.17, 15) is 25.1 Å². The average molecular weight is 550 g/mol. The SMILES string of the molecule is CC(C)(CCCCC(=O)N1CCOCC1)c1ccc(-c2cccc(CN(O)C(=O)C3=CCN(O)C=C3)c2)c(O)c1. The summed E-state index contributed by atoms with van der Waals surface area (Å²) in [5.41, 5.74) is 3.28. The molecule has 9 heteroatoms. The first-order valence-corrected chi connectivity index (χ1v) is 13.8. The number of carbonyl (C=O) groups is 2. The minimum atomic E-state index is -0.561. The van der Waals surface area contributed by atoms with E-state index in [1.807, 2.05) is 35.2 Å². The van der Waals surface area contributed by atoms with Crippen LogP contribution in [0.15, 0.2) is 66.4 Å². The molecule has 214 valence electrons. The van der Waals surface area contributed by atoms with Crippen molar-refractivity contribution in [3.05, 3.63) is 77.5 Å². The first kappa shape index (κ1) is 29.3. The average Bonchev–Trinajstić information content (AvgIpc) is 2.95. The molecule has 2 aliphatic rings. The van der Waals surface area contributed by atoms with Crippen LogP contribution in [0.1, 0.15) is 50.7 Å². The smallest absolute Gasteiger partial charge is 0.277 e. The number of hydrogen-bond donors (Lipinski definition) is 3.